The minimum Gasteiger partial charge on any atom is -0.490 e. The largest absolute Gasteiger partial charge is 0.490 e. The van der Waals surface area contributed by atoms with Crippen LogP contribution in [0, 0.1) is 11.3 Å². The molecular formula is C14H16N2O3. The van der Waals surface area contributed by atoms with E-state index in [4.69, 9.17) is 14.7 Å². The third kappa shape index (κ3) is 3.38. The summed E-state index contributed by atoms with van der Waals surface area (Å²) in [5.74, 6) is 1.28. The van der Waals surface area contributed by atoms with E-state index in [0.29, 0.717) is 19.8 Å². The second kappa shape index (κ2) is 6.10. The van der Waals surface area contributed by atoms with Crippen LogP contribution in [0.25, 0.3) is 0 Å². The van der Waals surface area contributed by atoms with Crippen LogP contribution in [0.1, 0.15) is 18.4 Å². The van der Waals surface area contributed by atoms with Gasteiger partial charge in [-0.15, -0.1) is 0 Å². The molecule has 0 aliphatic carbocycles. The monoisotopic (exact) mass is 260 g/mol. The lowest BCUT2D eigenvalue weighted by molar-refractivity contribution is -0.129. The molecule has 0 bridgehead atoms. The summed E-state index contributed by atoms with van der Waals surface area (Å²) >= 11 is 0. The molecule has 1 amide bonds. The number of nitriles is 1. The highest BCUT2D eigenvalue weighted by Crippen LogP contribution is 2.30. The number of carbonyl (C=O) groups is 1. The molecule has 0 saturated carbocycles. The van der Waals surface area contributed by atoms with E-state index in [9.17, 15) is 4.79 Å². The molecule has 1 aliphatic rings. The number of hydrogen-bond acceptors (Lipinski definition) is 4. The Kier molecular flexibility index (Phi) is 4.24. The molecule has 1 aromatic rings. The highest BCUT2D eigenvalue weighted by molar-refractivity contribution is 5.77. The van der Waals surface area contributed by atoms with Gasteiger partial charge in [0.1, 0.15) is 6.42 Å². The van der Waals surface area contributed by atoms with Crippen molar-refractivity contribution in [1.29, 1.82) is 5.26 Å². The molecular weight excluding hydrogens is 244 g/mol. The highest BCUT2D eigenvalue weighted by atomic mass is 16.5. The van der Waals surface area contributed by atoms with Crippen LogP contribution < -0.4 is 9.47 Å². The van der Waals surface area contributed by atoms with Crippen molar-refractivity contribution in [3.05, 3.63) is 23.8 Å². The molecule has 0 unspecified atom stereocenters. The Bertz CT molecular complexity index is 508. The second-order valence-electron chi connectivity index (χ2n) is 4.42. The standard InChI is InChI=1S/C14H16N2O3/c1-16(14(17)5-6-15)10-11-3-4-12-13(9-11)19-8-2-7-18-12/h3-4,9H,2,5,7-8,10H2,1H3. The molecule has 1 aliphatic heterocycles. The summed E-state index contributed by atoms with van der Waals surface area (Å²) in [4.78, 5) is 13.1. The lowest BCUT2D eigenvalue weighted by Gasteiger charge is -2.16. The van der Waals surface area contributed by atoms with Crippen molar-refractivity contribution in [3.63, 3.8) is 0 Å². The molecule has 1 heterocycles. The van der Waals surface area contributed by atoms with Crippen molar-refractivity contribution in [1.82, 2.24) is 4.90 Å². The van der Waals surface area contributed by atoms with Gasteiger partial charge in [0, 0.05) is 20.0 Å². The zero-order valence-electron chi connectivity index (χ0n) is 10.9. The number of hydrogen-bond donors (Lipinski definition) is 0. The average Bonchev–Trinajstić information content (AvgIpc) is 2.63. The van der Waals surface area contributed by atoms with Crippen LogP contribution in [-0.2, 0) is 11.3 Å². The SMILES string of the molecule is CN(Cc1ccc2c(c1)OCCCO2)C(=O)CC#N. The Hall–Kier alpha value is -2.22. The molecule has 0 aromatic heterocycles. The molecule has 0 atom stereocenters. The molecule has 0 spiro atoms. The first-order valence-electron chi connectivity index (χ1n) is 6.20. The van der Waals surface area contributed by atoms with Crippen LogP contribution in [-0.4, -0.2) is 31.1 Å². The van der Waals surface area contributed by atoms with Gasteiger partial charge in [-0.3, -0.25) is 4.79 Å². The van der Waals surface area contributed by atoms with E-state index < -0.39 is 0 Å². The van der Waals surface area contributed by atoms with Crippen molar-refractivity contribution in [3.8, 4) is 17.6 Å². The molecule has 0 N–H and O–H groups in total. The number of nitrogens with zero attached hydrogens (tertiary/aromatic N) is 2. The van der Waals surface area contributed by atoms with Gasteiger partial charge in [0.25, 0.3) is 0 Å². The van der Waals surface area contributed by atoms with E-state index in [1.165, 1.54) is 4.90 Å². The van der Waals surface area contributed by atoms with E-state index in [2.05, 4.69) is 0 Å². The first-order chi connectivity index (χ1) is 9.20. The predicted molar refractivity (Wildman–Crippen MR) is 68.8 cm³/mol. The maximum atomic E-state index is 11.5. The van der Waals surface area contributed by atoms with Crippen LogP contribution in [0.2, 0.25) is 0 Å². The molecule has 19 heavy (non-hydrogen) atoms. The zero-order valence-corrected chi connectivity index (χ0v) is 10.9. The van der Waals surface area contributed by atoms with Crippen molar-refractivity contribution in [2.24, 2.45) is 0 Å². The number of rotatable bonds is 3. The minimum atomic E-state index is -0.186. The van der Waals surface area contributed by atoms with Crippen molar-refractivity contribution >= 4 is 5.91 Å². The van der Waals surface area contributed by atoms with Crippen LogP contribution in [0.15, 0.2) is 18.2 Å². The molecule has 5 nitrogen and oxygen atoms in total. The summed E-state index contributed by atoms with van der Waals surface area (Å²) in [6, 6.07) is 7.51. The number of ether oxygens (including phenoxy) is 2. The third-order valence-corrected chi connectivity index (χ3v) is 2.89. The van der Waals surface area contributed by atoms with Crippen molar-refractivity contribution in [2.75, 3.05) is 20.3 Å². The quantitative estimate of drug-likeness (QED) is 0.830. The molecule has 0 radical (unpaired) electrons. The minimum absolute atomic E-state index is 0.0962. The maximum absolute atomic E-state index is 11.5. The Balaban J connectivity index is 2.07. The normalized spacial score (nSPS) is 13.3. The third-order valence-electron chi connectivity index (χ3n) is 2.89. The first kappa shape index (κ1) is 13.2. The summed E-state index contributed by atoms with van der Waals surface area (Å²) in [6.45, 7) is 1.75. The Morgan fingerprint density at radius 1 is 1.37 bits per heavy atom. The number of fused-ring (bicyclic) bond motifs is 1. The van der Waals surface area contributed by atoms with Gasteiger partial charge in [0.15, 0.2) is 11.5 Å². The Labute approximate surface area is 112 Å². The van der Waals surface area contributed by atoms with Gasteiger partial charge in [-0.25, -0.2) is 0 Å². The average molecular weight is 260 g/mol. The van der Waals surface area contributed by atoms with Gasteiger partial charge in [0.05, 0.1) is 19.3 Å². The van der Waals surface area contributed by atoms with E-state index in [0.717, 1.165) is 23.5 Å². The van der Waals surface area contributed by atoms with Crippen molar-refractivity contribution in [2.45, 2.75) is 19.4 Å². The van der Waals surface area contributed by atoms with Crippen LogP contribution in [0.4, 0.5) is 0 Å². The van der Waals surface area contributed by atoms with Crippen LogP contribution in [0.5, 0.6) is 11.5 Å². The van der Waals surface area contributed by atoms with Gasteiger partial charge in [0.2, 0.25) is 5.91 Å². The lowest BCUT2D eigenvalue weighted by atomic mass is 10.2. The smallest absolute Gasteiger partial charge is 0.236 e. The highest BCUT2D eigenvalue weighted by Gasteiger charge is 2.13. The lowest BCUT2D eigenvalue weighted by Crippen LogP contribution is -2.25. The van der Waals surface area contributed by atoms with Gasteiger partial charge in [-0.2, -0.15) is 5.26 Å². The molecule has 0 fully saturated rings. The fourth-order valence-electron chi connectivity index (χ4n) is 1.87. The van der Waals surface area contributed by atoms with E-state index in [1.54, 1.807) is 7.05 Å². The first-order valence-corrected chi connectivity index (χ1v) is 6.20. The Morgan fingerprint density at radius 2 is 2.11 bits per heavy atom. The fourth-order valence-corrected chi connectivity index (χ4v) is 1.87. The maximum Gasteiger partial charge on any atom is 0.236 e. The number of amides is 1. The van der Waals surface area contributed by atoms with E-state index in [-0.39, 0.29) is 12.3 Å². The second-order valence-corrected chi connectivity index (χ2v) is 4.42. The van der Waals surface area contributed by atoms with E-state index >= 15 is 0 Å². The van der Waals surface area contributed by atoms with Gasteiger partial charge >= 0.3 is 0 Å². The van der Waals surface area contributed by atoms with Gasteiger partial charge < -0.3 is 14.4 Å². The molecule has 1 aromatic carbocycles. The fraction of sp³-hybridized carbons (Fsp3) is 0.429. The number of benzene rings is 1. The number of carbonyl (C=O) groups excluding carboxylic acids is 1. The molecule has 5 heteroatoms. The summed E-state index contributed by atoms with van der Waals surface area (Å²) in [7, 11) is 1.68. The van der Waals surface area contributed by atoms with Crippen molar-refractivity contribution < 1.29 is 14.3 Å². The summed E-state index contributed by atoms with van der Waals surface area (Å²) in [5.41, 5.74) is 0.957. The Morgan fingerprint density at radius 3 is 2.84 bits per heavy atom. The van der Waals surface area contributed by atoms with Crippen LogP contribution >= 0.6 is 0 Å². The summed E-state index contributed by atoms with van der Waals surface area (Å²) in [6.07, 6.45) is 0.769. The summed E-state index contributed by atoms with van der Waals surface area (Å²) in [5, 5.41) is 8.51. The predicted octanol–water partition coefficient (Wildman–Crippen LogP) is 1.72. The molecule has 100 valence electrons. The van der Waals surface area contributed by atoms with Gasteiger partial charge in [-0.1, -0.05) is 6.07 Å². The summed E-state index contributed by atoms with van der Waals surface area (Å²) < 4.78 is 11.1. The molecule has 2 rings (SSSR count). The van der Waals surface area contributed by atoms with Crippen LogP contribution in [0.3, 0.4) is 0 Å². The molecule has 0 saturated heterocycles. The van der Waals surface area contributed by atoms with Gasteiger partial charge in [-0.05, 0) is 17.7 Å². The zero-order chi connectivity index (χ0) is 13.7. The topological polar surface area (TPSA) is 62.6 Å². The van der Waals surface area contributed by atoms with E-state index in [1.807, 2.05) is 24.3 Å².